The van der Waals surface area contributed by atoms with E-state index in [1.54, 1.807) is 11.9 Å². The standard InChI is InChI=1S/C14H20N2O2/c1-10(2)13(15-11(3)17)14(18)16(4)12-8-6-5-7-9-12/h5-10,13H,1-4H3,(H,15,17)/t13-/m1/s1. The molecule has 2 amide bonds. The predicted molar refractivity (Wildman–Crippen MR) is 72.3 cm³/mol. The van der Waals surface area contributed by atoms with E-state index in [0.717, 1.165) is 5.69 Å². The third-order valence-corrected chi connectivity index (χ3v) is 2.77. The summed E-state index contributed by atoms with van der Waals surface area (Å²) in [5.41, 5.74) is 0.818. The normalized spacial score (nSPS) is 12.1. The molecule has 0 unspecified atom stereocenters. The molecule has 0 saturated carbocycles. The summed E-state index contributed by atoms with van der Waals surface area (Å²) in [7, 11) is 1.72. The van der Waals surface area contributed by atoms with Crippen molar-refractivity contribution in [2.75, 3.05) is 11.9 Å². The van der Waals surface area contributed by atoms with Gasteiger partial charge in [0.25, 0.3) is 0 Å². The van der Waals surface area contributed by atoms with Gasteiger partial charge in [-0.25, -0.2) is 0 Å². The molecule has 0 radical (unpaired) electrons. The fourth-order valence-corrected chi connectivity index (χ4v) is 1.72. The van der Waals surface area contributed by atoms with Crippen LogP contribution in [0.5, 0.6) is 0 Å². The van der Waals surface area contributed by atoms with Crippen molar-refractivity contribution in [2.24, 2.45) is 5.92 Å². The highest BCUT2D eigenvalue weighted by molar-refractivity contribution is 5.98. The quantitative estimate of drug-likeness (QED) is 0.883. The monoisotopic (exact) mass is 248 g/mol. The first-order chi connectivity index (χ1) is 8.43. The summed E-state index contributed by atoms with van der Waals surface area (Å²) in [6, 6.07) is 8.89. The number of nitrogens with one attached hydrogen (secondary N) is 1. The van der Waals surface area contributed by atoms with Crippen LogP contribution in [-0.2, 0) is 9.59 Å². The average molecular weight is 248 g/mol. The molecular weight excluding hydrogens is 228 g/mol. The summed E-state index contributed by atoms with van der Waals surface area (Å²) in [6.07, 6.45) is 0. The zero-order chi connectivity index (χ0) is 13.7. The van der Waals surface area contributed by atoms with Crippen molar-refractivity contribution < 1.29 is 9.59 Å². The van der Waals surface area contributed by atoms with Crippen LogP contribution in [0.3, 0.4) is 0 Å². The van der Waals surface area contributed by atoms with Crippen LogP contribution < -0.4 is 10.2 Å². The van der Waals surface area contributed by atoms with Gasteiger partial charge in [-0.1, -0.05) is 32.0 Å². The second-order valence-corrected chi connectivity index (χ2v) is 4.66. The predicted octanol–water partition coefficient (Wildman–Crippen LogP) is 1.81. The molecule has 0 aliphatic rings. The number of carbonyl (C=O) groups is 2. The van der Waals surface area contributed by atoms with E-state index in [2.05, 4.69) is 5.32 Å². The Balaban J connectivity index is 2.86. The number of hydrogen-bond donors (Lipinski definition) is 1. The topological polar surface area (TPSA) is 49.4 Å². The second-order valence-electron chi connectivity index (χ2n) is 4.66. The second kappa shape index (κ2) is 6.19. The number of amides is 2. The Kier molecular flexibility index (Phi) is 4.89. The molecule has 0 saturated heterocycles. The van der Waals surface area contributed by atoms with Gasteiger partial charge in [-0.3, -0.25) is 9.59 Å². The van der Waals surface area contributed by atoms with Gasteiger partial charge in [-0.05, 0) is 18.1 Å². The number of anilines is 1. The summed E-state index contributed by atoms with van der Waals surface area (Å²) in [5.74, 6) is -0.248. The van der Waals surface area contributed by atoms with Crippen molar-refractivity contribution in [3.05, 3.63) is 30.3 Å². The van der Waals surface area contributed by atoms with Gasteiger partial charge in [0, 0.05) is 19.7 Å². The Morgan fingerprint density at radius 3 is 2.17 bits per heavy atom. The van der Waals surface area contributed by atoms with Crippen LogP contribution in [0.1, 0.15) is 20.8 Å². The lowest BCUT2D eigenvalue weighted by Crippen LogP contribution is -2.49. The van der Waals surface area contributed by atoms with Gasteiger partial charge in [0.1, 0.15) is 6.04 Å². The summed E-state index contributed by atoms with van der Waals surface area (Å²) in [5, 5.41) is 2.70. The van der Waals surface area contributed by atoms with Gasteiger partial charge in [0.2, 0.25) is 11.8 Å². The molecule has 4 heteroatoms. The molecule has 0 aliphatic heterocycles. The van der Waals surface area contributed by atoms with Crippen LogP contribution >= 0.6 is 0 Å². The van der Waals surface area contributed by atoms with E-state index in [-0.39, 0.29) is 17.7 Å². The van der Waals surface area contributed by atoms with E-state index in [9.17, 15) is 9.59 Å². The van der Waals surface area contributed by atoms with E-state index in [1.165, 1.54) is 6.92 Å². The van der Waals surface area contributed by atoms with E-state index in [0.29, 0.717) is 0 Å². The van der Waals surface area contributed by atoms with Gasteiger partial charge < -0.3 is 10.2 Å². The van der Waals surface area contributed by atoms with Crippen molar-refractivity contribution in [3.8, 4) is 0 Å². The minimum absolute atomic E-state index is 0.0487. The number of carbonyl (C=O) groups excluding carboxylic acids is 2. The number of nitrogens with zero attached hydrogens (tertiary/aromatic N) is 1. The van der Waals surface area contributed by atoms with Crippen LogP contribution in [-0.4, -0.2) is 24.9 Å². The Morgan fingerprint density at radius 1 is 1.17 bits per heavy atom. The Morgan fingerprint density at radius 2 is 1.72 bits per heavy atom. The van der Waals surface area contributed by atoms with E-state index in [4.69, 9.17) is 0 Å². The van der Waals surface area contributed by atoms with Crippen LogP contribution in [0.25, 0.3) is 0 Å². The maximum absolute atomic E-state index is 12.3. The van der Waals surface area contributed by atoms with Crippen molar-refractivity contribution in [2.45, 2.75) is 26.8 Å². The molecule has 0 heterocycles. The molecular formula is C14H20N2O2. The average Bonchev–Trinajstić information content (AvgIpc) is 2.34. The number of benzene rings is 1. The smallest absolute Gasteiger partial charge is 0.249 e. The van der Waals surface area contributed by atoms with Crippen LogP contribution in [0.2, 0.25) is 0 Å². The zero-order valence-corrected chi connectivity index (χ0v) is 11.3. The summed E-state index contributed by atoms with van der Waals surface area (Å²) >= 11 is 0. The summed E-state index contributed by atoms with van der Waals surface area (Å²) < 4.78 is 0. The first kappa shape index (κ1) is 14.2. The Bertz CT molecular complexity index is 415. The molecule has 0 bridgehead atoms. The van der Waals surface area contributed by atoms with Crippen molar-refractivity contribution in [3.63, 3.8) is 0 Å². The lowest BCUT2D eigenvalue weighted by atomic mass is 10.0. The van der Waals surface area contributed by atoms with Crippen molar-refractivity contribution in [1.82, 2.24) is 5.32 Å². The highest BCUT2D eigenvalue weighted by Crippen LogP contribution is 2.14. The molecule has 1 atom stereocenters. The van der Waals surface area contributed by atoms with Gasteiger partial charge in [0.15, 0.2) is 0 Å². The zero-order valence-electron chi connectivity index (χ0n) is 11.3. The first-order valence-corrected chi connectivity index (χ1v) is 6.03. The Labute approximate surface area is 108 Å². The van der Waals surface area contributed by atoms with Crippen LogP contribution in [0, 0.1) is 5.92 Å². The molecule has 0 spiro atoms. The molecule has 0 aliphatic carbocycles. The highest BCUT2D eigenvalue weighted by Gasteiger charge is 2.26. The SMILES string of the molecule is CC(=O)N[C@@H](C(=O)N(C)c1ccccc1)C(C)C. The number of hydrogen-bond acceptors (Lipinski definition) is 2. The van der Waals surface area contributed by atoms with Crippen LogP contribution in [0.4, 0.5) is 5.69 Å². The molecule has 1 N–H and O–H groups in total. The summed E-state index contributed by atoms with van der Waals surface area (Å²) in [4.78, 5) is 25.0. The number of para-hydroxylation sites is 1. The van der Waals surface area contributed by atoms with Gasteiger partial charge >= 0.3 is 0 Å². The molecule has 0 aromatic heterocycles. The summed E-state index contributed by atoms with van der Waals surface area (Å²) in [6.45, 7) is 5.25. The van der Waals surface area contributed by atoms with Crippen LogP contribution in [0.15, 0.2) is 30.3 Å². The minimum atomic E-state index is -0.493. The maximum Gasteiger partial charge on any atom is 0.249 e. The molecule has 1 rings (SSSR count). The van der Waals surface area contributed by atoms with E-state index in [1.807, 2.05) is 44.2 Å². The minimum Gasteiger partial charge on any atom is -0.344 e. The molecule has 1 aromatic rings. The number of likely N-dealkylation sites (N-methyl/N-ethyl adjacent to an activating group) is 1. The highest BCUT2D eigenvalue weighted by atomic mass is 16.2. The lowest BCUT2D eigenvalue weighted by Gasteiger charge is -2.26. The molecule has 0 fully saturated rings. The van der Waals surface area contributed by atoms with Gasteiger partial charge in [0.05, 0.1) is 0 Å². The third kappa shape index (κ3) is 3.58. The van der Waals surface area contributed by atoms with E-state index >= 15 is 0 Å². The fraction of sp³-hybridized carbons (Fsp3) is 0.429. The van der Waals surface area contributed by atoms with Gasteiger partial charge in [-0.2, -0.15) is 0 Å². The molecule has 98 valence electrons. The first-order valence-electron chi connectivity index (χ1n) is 6.03. The largest absolute Gasteiger partial charge is 0.344 e. The van der Waals surface area contributed by atoms with E-state index < -0.39 is 6.04 Å². The molecule has 1 aromatic carbocycles. The van der Waals surface area contributed by atoms with Crippen molar-refractivity contribution in [1.29, 1.82) is 0 Å². The molecule has 4 nitrogen and oxygen atoms in total. The van der Waals surface area contributed by atoms with Crippen molar-refractivity contribution >= 4 is 17.5 Å². The lowest BCUT2D eigenvalue weighted by molar-refractivity contribution is -0.127. The maximum atomic E-state index is 12.3. The van der Waals surface area contributed by atoms with Gasteiger partial charge in [-0.15, -0.1) is 0 Å². The molecule has 18 heavy (non-hydrogen) atoms. The Hall–Kier alpha value is -1.84. The third-order valence-electron chi connectivity index (χ3n) is 2.77. The number of rotatable bonds is 4. The fourth-order valence-electron chi connectivity index (χ4n) is 1.72.